The molecule has 2 fully saturated rings. The molecule has 30 heavy (non-hydrogen) atoms. The highest BCUT2D eigenvalue weighted by Gasteiger charge is 2.86. The number of carbonyl (C=O) groups is 2. The molecule has 2 saturated carbocycles. The van der Waals surface area contributed by atoms with Crippen molar-refractivity contribution in [3.05, 3.63) is 41.0 Å². The van der Waals surface area contributed by atoms with Crippen LogP contribution in [0.4, 0.5) is 23.2 Å². The van der Waals surface area contributed by atoms with Crippen LogP contribution in [-0.4, -0.2) is 32.5 Å². The average Bonchev–Trinajstić information content (AvgIpc) is 3.47. The molecule has 0 saturated heterocycles. The summed E-state index contributed by atoms with van der Waals surface area (Å²) in [4.78, 5) is 27.9. The molecule has 2 aromatic rings. The molecule has 1 spiro atoms. The van der Waals surface area contributed by atoms with Crippen molar-refractivity contribution < 1.29 is 27.2 Å². The Labute approximate surface area is 168 Å². The summed E-state index contributed by atoms with van der Waals surface area (Å²) >= 11 is 0. The van der Waals surface area contributed by atoms with E-state index in [1.54, 1.807) is 0 Å². The Morgan fingerprint density at radius 3 is 2.57 bits per heavy atom. The van der Waals surface area contributed by atoms with E-state index in [2.05, 4.69) is 15.4 Å². The molecule has 0 bridgehead atoms. The van der Waals surface area contributed by atoms with Crippen LogP contribution >= 0.6 is 0 Å². The predicted molar refractivity (Wildman–Crippen MR) is 97.3 cm³/mol. The van der Waals surface area contributed by atoms with Crippen LogP contribution in [0.15, 0.2) is 18.3 Å². The fourth-order valence-electron chi connectivity index (χ4n) is 4.09. The molecule has 7 nitrogen and oxygen atoms in total. The second-order valence-electron chi connectivity index (χ2n) is 7.97. The Hall–Kier alpha value is -2.98. The summed E-state index contributed by atoms with van der Waals surface area (Å²) in [6.07, 6.45) is 1.99. The zero-order valence-corrected chi connectivity index (χ0v) is 16.2. The average molecular weight is 425 g/mol. The van der Waals surface area contributed by atoms with E-state index in [0.29, 0.717) is 19.8 Å². The van der Waals surface area contributed by atoms with Gasteiger partial charge < -0.3 is 11.1 Å². The van der Waals surface area contributed by atoms with E-state index in [1.807, 2.05) is 0 Å². The quantitative estimate of drug-likeness (QED) is 0.694. The number of hydrogen-bond acceptors (Lipinski definition) is 4. The second-order valence-corrected chi connectivity index (χ2v) is 7.97. The number of hydrogen-bond donors (Lipinski definition) is 2. The van der Waals surface area contributed by atoms with E-state index < -0.39 is 40.7 Å². The Balaban J connectivity index is 1.67. The standard InChI is InChI=1S/C19H19F4N5O2/c1-9-13(16(30)26-10-3-6-25-11(7-10)15(24)29)28(27-14(9)17(2,20)21)8-12-18(4-5-18)19(12,22)23/h3,6-7,12H,4-5,8H2,1-2H3,(H2,24,29)(H,25,26,30). The molecule has 0 radical (unpaired) electrons. The number of anilines is 1. The third-order valence-corrected chi connectivity index (χ3v) is 5.92. The van der Waals surface area contributed by atoms with Gasteiger partial charge in [0.1, 0.15) is 17.1 Å². The molecule has 4 rings (SSSR count). The normalized spacial score (nSPS) is 20.8. The van der Waals surface area contributed by atoms with Gasteiger partial charge in [-0.3, -0.25) is 19.3 Å². The van der Waals surface area contributed by atoms with Gasteiger partial charge in [0.15, 0.2) is 0 Å². The lowest BCUT2D eigenvalue weighted by atomic mass is 10.1. The first-order valence-corrected chi connectivity index (χ1v) is 9.29. The van der Waals surface area contributed by atoms with Crippen LogP contribution in [0.2, 0.25) is 0 Å². The first-order chi connectivity index (χ1) is 13.9. The maximum atomic E-state index is 14.1. The van der Waals surface area contributed by atoms with E-state index in [9.17, 15) is 27.2 Å². The monoisotopic (exact) mass is 425 g/mol. The second kappa shape index (κ2) is 6.26. The van der Waals surface area contributed by atoms with Gasteiger partial charge in [0.2, 0.25) is 0 Å². The number of primary amides is 1. The molecule has 0 aromatic carbocycles. The summed E-state index contributed by atoms with van der Waals surface area (Å²) < 4.78 is 57.2. The molecule has 2 heterocycles. The maximum Gasteiger partial charge on any atom is 0.289 e. The largest absolute Gasteiger partial charge is 0.364 e. The number of carbonyl (C=O) groups excluding carboxylic acids is 2. The van der Waals surface area contributed by atoms with Gasteiger partial charge in [-0.15, -0.1) is 0 Å². The first-order valence-electron chi connectivity index (χ1n) is 9.29. The van der Waals surface area contributed by atoms with Crippen molar-refractivity contribution in [3.8, 4) is 0 Å². The lowest BCUT2D eigenvalue weighted by molar-refractivity contribution is 0.0113. The van der Waals surface area contributed by atoms with Gasteiger partial charge in [-0.2, -0.15) is 13.9 Å². The van der Waals surface area contributed by atoms with Gasteiger partial charge in [0, 0.05) is 29.8 Å². The van der Waals surface area contributed by atoms with E-state index in [1.165, 1.54) is 25.3 Å². The number of alkyl halides is 4. The number of aromatic nitrogens is 3. The third-order valence-electron chi connectivity index (χ3n) is 5.92. The molecule has 2 aliphatic rings. The highest BCUT2D eigenvalue weighted by atomic mass is 19.3. The fraction of sp³-hybridized carbons (Fsp3) is 0.474. The molecule has 2 aliphatic carbocycles. The highest BCUT2D eigenvalue weighted by Crippen LogP contribution is 2.80. The van der Waals surface area contributed by atoms with Crippen molar-refractivity contribution in [1.29, 1.82) is 0 Å². The van der Waals surface area contributed by atoms with Crippen molar-refractivity contribution in [2.75, 3.05) is 5.32 Å². The van der Waals surface area contributed by atoms with Crippen molar-refractivity contribution in [1.82, 2.24) is 14.8 Å². The zero-order chi connectivity index (χ0) is 22.1. The van der Waals surface area contributed by atoms with Gasteiger partial charge in [-0.25, -0.2) is 8.78 Å². The summed E-state index contributed by atoms with van der Waals surface area (Å²) in [7, 11) is 0. The van der Waals surface area contributed by atoms with Gasteiger partial charge in [0.05, 0.1) is 12.5 Å². The topological polar surface area (TPSA) is 103 Å². The molecule has 3 N–H and O–H groups in total. The van der Waals surface area contributed by atoms with Crippen LogP contribution in [0.25, 0.3) is 0 Å². The summed E-state index contributed by atoms with van der Waals surface area (Å²) in [5, 5.41) is 6.28. The molecule has 1 unspecified atom stereocenters. The van der Waals surface area contributed by atoms with Gasteiger partial charge >= 0.3 is 0 Å². The molecule has 0 aliphatic heterocycles. The Bertz CT molecular complexity index is 1050. The maximum absolute atomic E-state index is 14.1. The Kier molecular flexibility index (Phi) is 4.23. The summed E-state index contributed by atoms with van der Waals surface area (Å²) in [5.74, 6) is -8.92. The number of nitrogens with zero attached hydrogens (tertiary/aromatic N) is 3. The molecule has 11 heteroatoms. The Morgan fingerprint density at radius 1 is 1.37 bits per heavy atom. The van der Waals surface area contributed by atoms with Crippen molar-refractivity contribution in [3.63, 3.8) is 0 Å². The number of pyridine rings is 1. The Morgan fingerprint density at radius 2 is 2.03 bits per heavy atom. The summed E-state index contributed by atoms with van der Waals surface area (Å²) in [6, 6.07) is 2.60. The highest BCUT2D eigenvalue weighted by molar-refractivity contribution is 6.04. The van der Waals surface area contributed by atoms with Crippen molar-refractivity contribution >= 4 is 17.5 Å². The minimum Gasteiger partial charge on any atom is -0.364 e. The SMILES string of the molecule is Cc1c(C(C)(F)F)nn(CC2C(F)(F)C23CC3)c1C(=O)Nc1ccnc(C(N)=O)c1. The number of rotatable bonds is 6. The zero-order valence-electron chi connectivity index (χ0n) is 16.2. The first kappa shape index (κ1) is 20.3. The molecule has 160 valence electrons. The fourth-order valence-corrected chi connectivity index (χ4v) is 4.09. The van der Waals surface area contributed by atoms with Crippen LogP contribution < -0.4 is 11.1 Å². The number of halogens is 4. The van der Waals surface area contributed by atoms with Crippen LogP contribution in [0, 0.1) is 18.3 Å². The molecule has 2 amide bonds. The molecule has 1 atom stereocenters. The van der Waals surface area contributed by atoms with Crippen LogP contribution in [0.1, 0.15) is 52.0 Å². The van der Waals surface area contributed by atoms with E-state index in [-0.39, 0.29) is 29.2 Å². The summed E-state index contributed by atoms with van der Waals surface area (Å²) in [5.41, 5.74) is 3.14. The van der Waals surface area contributed by atoms with E-state index in [4.69, 9.17) is 5.73 Å². The number of nitrogens with one attached hydrogen (secondary N) is 1. The van der Waals surface area contributed by atoms with Crippen LogP contribution in [0.3, 0.4) is 0 Å². The van der Waals surface area contributed by atoms with E-state index in [0.717, 1.165) is 4.68 Å². The third kappa shape index (κ3) is 3.03. The number of amides is 2. The molecular weight excluding hydrogens is 406 g/mol. The molecular formula is C19H19F4N5O2. The van der Waals surface area contributed by atoms with E-state index >= 15 is 0 Å². The van der Waals surface area contributed by atoms with Gasteiger partial charge in [-0.05, 0) is 31.9 Å². The molecule has 2 aromatic heterocycles. The van der Waals surface area contributed by atoms with Crippen molar-refractivity contribution in [2.24, 2.45) is 17.1 Å². The minimum absolute atomic E-state index is 0.0991. The van der Waals surface area contributed by atoms with Crippen LogP contribution in [-0.2, 0) is 12.5 Å². The number of nitrogens with two attached hydrogens (primary N) is 1. The van der Waals surface area contributed by atoms with Gasteiger partial charge in [-0.1, -0.05) is 0 Å². The summed E-state index contributed by atoms with van der Waals surface area (Å²) in [6.45, 7) is 1.59. The van der Waals surface area contributed by atoms with Crippen molar-refractivity contribution in [2.45, 2.75) is 45.1 Å². The van der Waals surface area contributed by atoms with Crippen LogP contribution in [0.5, 0.6) is 0 Å². The lowest BCUT2D eigenvalue weighted by Gasteiger charge is -2.10. The van der Waals surface area contributed by atoms with Gasteiger partial charge in [0.25, 0.3) is 23.7 Å². The predicted octanol–water partition coefficient (Wildman–Crippen LogP) is 3.09. The lowest BCUT2D eigenvalue weighted by Crippen LogP contribution is -2.21. The smallest absolute Gasteiger partial charge is 0.289 e. The minimum atomic E-state index is -3.36.